The molecule has 0 spiro atoms. The second-order valence-corrected chi connectivity index (χ2v) is 13.8. The lowest BCUT2D eigenvalue weighted by Gasteiger charge is -2.60. The van der Waals surface area contributed by atoms with E-state index in [4.69, 9.17) is 4.74 Å². The van der Waals surface area contributed by atoms with E-state index in [1.807, 2.05) is 13.8 Å². The van der Waals surface area contributed by atoms with E-state index >= 15 is 0 Å². The molecule has 5 N–H and O–H groups in total. The molecular weight excluding hydrogens is 476 g/mol. The van der Waals surface area contributed by atoms with Crippen molar-refractivity contribution in [2.24, 2.45) is 28.6 Å². The van der Waals surface area contributed by atoms with Crippen LogP contribution < -0.4 is 0 Å². The normalized spacial score (nSPS) is 44.1. The van der Waals surface area contributed by atoms with Gasteiger partial charge in [0.15, 0.2) is 5.78 Å². The van der Waals surface area contributed by atoms with Gasteiger partial charge in [-0.05, 0) is 101 Å². The smallest absolute Gasteiger partial charge is 0.302 e. The van der Waals surface area contributed by atoms with Gasteiger partial charge >= 0.3 is 5.97 Å². The first-order chi connectivity index (χ1) is 16.9. The van der Waals surface area contributed by atoms with Gasteiger partial charge in [-0.3, -0.25) is 9.59 Å². The molecule has 0 aromatic heterocycles. The van der Waals surface area contributed by atoms with Gasteiger partial charge in [0.2, 0.25) is 0 Å². The minimum absolute atomic E-state index is 0.115. The lowest BCUT2D eigenvalue weighted by atomic mass is 9.45. The zero-order valence-electron chi connectivity index (χ0n) is 23.2. The van der Waals surface area contributed by atoms with Crippen LogP contribution in [0.3, 0.4) is 0 Å². The summed E-state index contributed by atoms with van der Waals surface area (Å²) in [5.74, 6) is -1.54. The van der Waals surface area contributed by atoms with Crippen molar-refractivity contribution in [2.75, 3.05) is 0 Å². The van der Waals surface area contributed by atoms with Crippen LogP contribution in [0, 0.1) is 28.6 Å². The first-order valence-electron chi connectivity index (χ1n) is 13.8. The van der Waals surface area contributed by atoms with Crippen LogP contribution in [-0.2, 0) is 14.3 Å². The van der Waals surface area contributed by atoms with E-state index in [0.717, 1.165) is 0 Å². The number of ketones is 1. The lowest BCUT2D eigenvalue weighted by Crippen LogP contribution is -2.63. The number of rotatable bonds is 6. The van der Waals surface area contributed by atoms with E-state index in [1.165, 1.54) is 6.92 Å². The third-order valence-corrected chi connectivity index (χ3v) is 10.8. The zero-order valence-corrected chi connectivity index (χ0v) is 23.2. The quantitative estimate of drug-likeness (QED) is 0.335. The fraction of sp³-hybridized carbons (Fsp3) is 0.862. The molecule has 4 rings (SSSR count). The Bertz CT molecular complexity index is 965. The second kappa shape index (κ2) is 9.12. The third-order valence-electron chi connectivity index (χ3n) is 10.8. The molecule has 0 saturated heterocycles. The summed E-state index contributed by atoms with van der Waals surface area (Å²) in [6.45, 7) is 10.2. The predicted octanol–water partition coefficient (Wildman–Crippen LogP) is 2.42. The molecule has 37 heavy (non-hydrogen) atoms. The van der Waals surface area contributed by atoms with Crippen LogP contribution in [-0.4, -0.2) is 72.4 Å². The molecule has 3 fully saturated rings. The van der Waals surface area contributed by atoms with E-state index in [0.29, 0.717) is 44.1 Å². The number of carbonyl (C=O) groups is 2. The molecule has 0 unspecified atom stereocenters. The van der Waals surface area contributed by atoms with Crippen LogP contribution in [0.2, 0.25) is 0 Å². The predicted molar refractivity (Wildman–Crippen MR) is 136 cm³/mol. The number of ether oxygens (including phenoxy) is 1. The number of allylic oxidation sites excluding steroid dienone is 1. The van der Waals surface area contributed by atoms with Gasteiger partial charge in [-0.15, -0.1) is 0 Å². The molecule has 0 aromatic rings. The highest BCUT2D eigenvalue weighted by atomic mass is 16.6. The number of fused-ring (bicyclic) bond motifs is 5. The summed E-state index contributed by atoms with van der Waals surface area (Å²) in [7, 11) is 0. The Labute approximate surface area is 220 Å². The van der Waals surface area contributed by atoms with E-state index in [-0.39, 0.29) is 24.5 Å². The average Bonchev–Trinajstić information content (AvgIpc) is 3.05. The summed E-state index contributed by atoms with van der Waals surface area (Å²) in [6.07, 6.45) is 2.19. The molecule has 0 aliphatic heterocycles. The van der Waals surface area contributed by atoms with Gasteiger partial charge < -0.3 is 30.3 Å². The van der Waals surface area contributed by atoms with Crippen molar-refractivity contribution in [2.45, 2.75) is 128 Å². The number of hydrogen-bond acceptors (Lipinski definition) is 8. The van der Waals surface area contributed by atoms with Crippen LogP contribution in [0.5, 0.6) is 0 Å². The van der Waals surface area contributed by atoms with Crippen molar-refractivity contribution in [3.8, 4) is 0 Å². The Balaban J connectivity index is 1.64. The van der Waals surface area contributed by atoms with Crippen LogP contribution in [0.4, 0.5) is 0 Å². The molecule has 8 heteroatoms. The molecule has 3 saturated carbocycles. The third kappa shape index (κ3) is 4.50. The highest BCUT2D eigenvalue weighted by Gasteiger charge is 2.69. The summed E-state index contributed by atoms with van der Waals surface area (Å²) in [5.41, 5.74) is -4.42. The topological polar surface area (TPSA) is 145 Å². The molecule has 8 nitrogen and oxygen atoms in total. The van der Waals surface area contributed by atoms with Crippen LogP contribution in [0.15, 0.2) is 11.6 Å². The van der Waals surface area contributed by atoms with Crippen molar-refractivity contribution in [3.63, 3.8) is 0 Å². The van der Waals surface area contributed by atoms with Gasteiger partial charge in [0, 0.05) is 18.3 Å². The first-order valence-corrected chi connectivity index (χ1v) is 13.8. The molecule has 0 amide bonds. The summed E-state index contributed by atoms with van der Waals surface area (Å²) >= 11 is 0. The van der Waals surface area contributed by atoms with E-state index in [2.05, 4.69) is 0 Å². The van der Waals surface area contributed by atoms with Gasteiger partial charge in [0.1, 0.15) is 6.10 Å². The van der Waals surface area contributed by atoms with Gasteiger partial charge in [-0.25, -0.2) is 0 Å². The average molecular weight is 523 g/mol. The largest absolute Gasteiger partial charge is 0.460 e. The Morgan fingerprint density at radius 2 is 1.81 bits per heavy atom. The highest BCUT2D eigenvalue weighted by molar-refractivity contribution is 5.95. The maximum atomic E-state index is 13.5. The Morgan fingerprint density at radius 1 is 1.16 bits per heavy atom. The summed E-state index contributed by atoms with van der Waals surface area (Å²) < 4.78 is 5.32. The SMILES string of the molecule is CC(=O)O[C@@H]1C[C@H]2C(=O)C=C3[C@H](CC[C@]4(C)[C@@H]([C@@](C)(O)[C@@H](O)CCC(C)(C)O)CC[C@@]34O)[C@@]2(C)C[C@@H]1O. The zero-order chi connectivity index (χ0) is 27.8. The number of aliphatic hydroxyl groups is 5. The van der Waals surface area contributed by atoms with Gasteiger partial charge in [0.25, 0.3) is 0 Å². The van der Waals surface area contributed by atoms with E-state index in [1.54, 1.807) is 26.8 Å². The number of carbonyl (C=O) groups excluding carboxylic acids is 2. The second-order valence-electron chi connectivity index (χ2n) is 13.8. The van der Waals surface area contributed by atoms with Crippen LogP contribution in [0.25, 0.3) is 0 Å². The van der Waals surface area contributed by atoms with E-state index < -0.39 is 63.8 Å². The highest BCUT2D eigenvalue weighted by Crippen LogP contribution is 2.68. The van der Waals surface area contributed by atoms with Crippen molar-refractivity contribution >= 4 is 11.8 Å². The molecule has 0 radical (unpaired) electrons. The van der Waals surface area contributed by atoms with Crippen LogP contribution in [0.1, 0.15) is 92.9 Å². The molecule has 0 bridgehead atoms. The summed E-state index contributed by atoms with van der Waals surface area (Å²) in [4.78, 5) is 25.0. The van der Waals surface area contributed by atoms with Crippen molar-refractivity contribution in [1.29, 1.82) is 0 Å². The Hall–Kier alpha value is -1.32. The minimum Gasteiger partial charge on any atom is -0.460 e. The molecule has 0 heterocycles. The molecule has 10 atom stereocenters. The Morgan fingerprint density at radius 3 is 2.41 bits per heavy atom. The van der Waals surface area contributed by atoms with Gasteiger partial charge in [-0.2, -0.15) is 0 Å². The minimum atomic E-state index is -1.48. The molecular formula is C29H46O8. The number of hydrogen-bond donors (Lipinski definition) is 5. The Kier molecular flexibility index (Phi) is 7.07. The van der Waals surface area contributed by atoms with Crippen LogP contribution >= 0.6 is 0 Å². The molecule has 4 aliphatic carbocycles. The monoisotopic (exact) mass is 522 g/mol. The lowest BCUT2D eigenvalue weighted by molar-refractivity contribution is -0.182. The van der Waals surface area contributed by atoms with Crippen molar-refractivity contribution < 1.29 is 39.9 Å². The maximum absolute atomic E-state index is 13.5. The molecule has 210 valence electrons. The van der Waals surface area contributed by atoms with Crippen molar-refractivity contribution in [3.05, 3.63) is 11.6 Å². The van der Waals surface area contributed by atoms with Crippen molar-refractivity contribution in [1.82, 2.24) is 0 Å². The van der Waals surface area contributed by atoms with E-state index in [9.17, 15) is 35.1 Å². The summed E-state index contributed by atoms with van der Waals surface area (Å²) in [6, 6.07) is 0. The fourth-order valence-corrected chi connectivity index (χ4v) is 8.65. The maximum Gasteiger partial charge on any atom is 0.302 e. The van der Waals surface area contributed by atoms with Gasteiger partial charge in [0.05, 0.1) is 29.0 Å². The first kappa shape index (κ1) is 28.7. The number of aliphatic hydroxyl groups excluding tert-OH is 2. The molecule has 0 aromatic carbocycles. The molecule has 4 aliphatic rings. The number of esters is 1. The standard InChI is InChI=1S/C29H46O8/c1-16(30)37-22-14-19-20(31)13-18-17(26(19,4)15-21(22)32)7-11-27(5)23(8-12-29(18,27)36)28(6,35)24(33)9-10-25(2,3)34/h13,17,19,21-24,32-36H,7-12,14-15H2,1-6H3/t17-,19-,21-,22+,23-,24-,26+,27+,28+,29+/m0/s1. The summed E-state index contributed by atoms with van der Waals surface area (Å²) in [5, 5.41) is 55.9. The fourth-order valence-electron chi connectivity index (χ4n) is 8.65. The van der Waals surface area contributed by atoms with Gasteiger partial charge in [-0.1, -0.05) is 13.8 Å².